The van der Waals surface area contributed by atoms with Gasteiger partial charge in [-0.25, -0.2) is 9.37 Å². The Kier molecular flexibility index (Phi) is 6.11. The van der Waals surface area contributed by atoms with Crippen molar-refractivity contribution in [3.63, 3.8) is 0 Å². The van der Waals surface area contributed by atoms with E-state index in [0.717, 1.165) is 0 Å². The second kappa shape index (κ2) is 8.72. The standard InChI is InChI=1S/C21H22FN3O4/c1-13-9-14(22)6-7-16(13)24-20(26)5-4-8-25-12-23-17-11-19(29-3)18(28-2)10-15(17)21(25)27/h6-7,9-12H,4-5,8H2,1-3H3,(H,24,26). The Hall–Kier alpha value is -3.42. The van der Waals surface area contributed by atoms with Crippen LogP contribution in [-0.4, -0.2) is 29.7 Å². The molecule has 0 saturated heterocycles. The van der Waals surface area contributed by atoms with E-state index in [1.807, 2.05) is 0 Å². The molecule has 0 saturated carbocycles. The first-order chi connectivity index (χ1) is 13.9. The lowest BCUT2D eigenvalue weighted by atomic mass is 10.2. The average Bonchev–Trinajstić information content (AvgIpc) is 2.71. The molecule has 3 rings (SSSR count). The van der Waals surface area contributed by atoms with Gasteiger partial charge < -0.3 is 14.8 Å². The molecule has 7 nitrogen and oxygen atoms in total. The fraction of sp³-hybridized carbons (Fsp3) is 0.286. The van der Waals surface area contributed by atoms with Gasteiger partial charge in [-0.3, -0.25) is 14.2 Å². The third-order valence-corrected chi connectivity index (χ3v) is 4.59. The van der Waals surface area contributed by atoms with Crippen molar-refractivity contribution >= 4 is 22.5 Å². The van der Waals surface area contributed by atoms with Gasteiger partial charge in [-0.1, -0.05) is 0 Å². The topological polar surface area (TPSA) is 82.5 Å². The molecule has 1 heterocycles. The van der Waals surface area contributed by atoms with Gasteiger partial charge in [-0.15, -0.1) is 0 Å². The van der Waals surface area contributed by atoms with E-state index in [1.54, 1.807) is 19.1 Å². The van der Waals surface area contributed by atoms with Gasteiger partial charge in [0.25, 0.3) is 5.56 Å². The Morgan fingerprint density at radius 3 is 2.59 bits per heavy atom. The van der Waals surface area contributed by atoms with E-state index in [4.69, 9.17) is 9.47 Å². The summed E-state index contributed by atoms with van der Waals surface area (Å²) in [5.41, 5.74) is 1.51. The maximum Gasteiger partial charge on any atom is 0.261 e. The third-order valence-electron chi connectivity index (χ3n) is 4.59. The highest BCUT2D eigenvalue weighted by Crippen LogP contribution is 2.29. The number of fused-ring (bicyclic) bond motifs is 1. The van der Waals surface area contributed by atoms with Gasteiger partial charge >= 0.3 is 0 Å². The number of halogens is 1. The number of hydrogen-bond donors (Lipinski definition) is 1. The monoisotopic (exact) mass is 399 g/mol. The molecule has 1 amide bonds. The molecule has 2 aromatic carbocycles. The van der Waals surface area contributed by atoms with Crippen LogP contribution in [0.2, 0.25) is 0 Å². The maximum absolute atomic E-state index is 13.1. The lowest BCUT2D eigenvalue weighted by Crippen LogP contribution is -2.22. The van der Waals surface area contributed by atoms with E-state index in [0.29, 0.717) is 46.6 Å². The van der Waals surface area contributed by atoms with Crippen LogP contribution >= 0.6 is 0 Å². The molecule has 0 aliphatic heterocycles. The predicted molar refractivity (Wildman–Crippen MR) is 108 cm³/mol. The molecule has 0 fully saturated rings. The number of anilines is 1. The normalized spacial score (nSPS) is 10.8. The number of aromatic nitrogens is 2. The van der Waals surface area contributed by atoms with Crippen molar-refractivity contribution in [2.24, 2.45) is 0 Å². The third kappa shape index (κ3) is 4.53. The van der Waals surface area contributed by atoms with E-state index in [2.05, 4.69) is 10.3 Å². The number of aryl methyl sites for hydroxylation is 2. The summed E-state index contributed by atoms with van der Waals surface area (Å²) in [6.45, 7) is 2.06. The number of amides is 1. The molecule has 0 radical (unpaired) electrons. The number of rotatable bonds is 7. The largest absolute Gasteiger partial charge is 0.493 e. The first-order valence-electron chi connectivity index (χ1n) is 9.10. The molecule has 0 spiro atoms. The molecular formula is C21H22FN3O4. The Morgan fingerprint density at radius 2 is 1.90 bits per heavy atom. The van der Waals surface area contributed by atoms with Gasteiger partial charge in [0.2, 0.25) is 5.91 Å². The summed E-state index contributed by atoms with van der Waals surface area (Å²) in [6, 6.07) is 7.44. The van der Waals surface area contributed by atoms with Crippen molar-refractivity contribution in [3.05, 3.63) is 58.4 Å². The summed E-state index contributed by atoms with van der Waals surface area (Å²) in [4.78, 5) is 29.2. The first-order valence-corrected chi connectivity index (χ1v) is 9.10. The SMILES string of the molecule is COc1cc2ncn(CCCC(=O)Nc3ccc(F)cc3C)c(=O)c2cc1OC. The second-order valence-electron chi connectivity index (χ2n) is 6.58. The van der Waals surface area contributed by atoms with Crippen molar-refractivity contribution in [2.75, 3.05) is 19.5 Å². The lowest BCUT2D eigenvalue weighted by molar-refractivity contribution is -0.116. The van der Waals surface area contributed by atoms with Gasteiger partial charge in [0.15, 0.2) is 11.5 Å². The molecule has 0 aliphatic rings. The zero-order chi connectivity index (χ0) is 21.0. The summed E-state index contributed by atoms with van der Waals surface area (Å²) in [6.07, 6.45) is 2.12. The van der Waals surface area contributed by atoms with Crippen molar-refractivity contribution in [1.29, 1.82) is 0 Å². The zero-order valence-electron chi connectivity index (χ0n) is 16.5. The van der Waals surface area contributed by atoms with Gasteiger partial charge in [0.1, 0.15) is 5.82 Å². The van der Waals surface area contributed by atoms with Crippen LogP contribution in [-0.2, 0) is 11.3 Å². The van der Waals surface area contributed by atoms with E-state index < -0.39 is 0 Å². The zero-order valence-corrected chi connectivity index (χ0v) is 16.5. The Bertz CT molecular complexity index is 1110. The molecule has 8 heteroatoms. The number of carbonyl (C=O) groups is 1. The van der Waals surface area contributed by atoms with Crippen LogP contribution in [0.1, 0.15) is 18.4 Å². The minimum Gasteiger partial charge on any atom is -0.493 e. The van der Waals surface area contributed by atoms with Crippen LogP contribution < -0.4 is 20.3 Å². The Labute approximate surface area is 167 Å². The van der Waals surface area contributed by atoms with Crippen molar-refractivity contribution < 1.29 is 18.7 Å². The number of nitrogens with one attached hydrogen (secondary N) is 1. The summed E-state index contributed by atoms with van der Waals surface area (Å²) in [7, 11) is 3.02. The van der Waals surface area contributed by atoms with Crippen molar-refractivity contribution in [3.8, 4) is 11.5 Å². The van der Waals surface area contributed by atoms with Gasteiger partial charge in [0.05, 0.1) is 31.4 Å². The molecule has 0 aliphatic carbocycles. The minimum atomic E-state index is -0.349. The predicted octanol–water partition coefficient (Wildman–Crippen LogP) is 3.28. The summed E-state index contributed by atoms with van der Waals surface area (Å²) in [5.74, 6) is 0.397. The van der Waals surface area contributed by atoms with Gasteiger partial charge in [0, 0.05) is 24.7 Å². The molecule has 0 bridgehead atoms. The quantitative estimate of drug-likeness (QED) is 0.659. The number of carbonyl (C=O) groups excluding carboxylic acids is 1. The number of methoxy groups -OCH3 is 2. The summed E-state index contributed by atoms with van der Waals surface area (Å²) >= 11 is 0. The molecule has 1 aromatic heterocycles. The van der Waals surface area contributed by atoms with Crippen LogP contribution in [0.4, 0.5) is 10.1 Å². The first kappa shape index (κ1) is 20.3. The number of benzene rings is 2. The van der Waals surface area contributed by atoms with Crippen LogP contribution in [0.5, 0.6) is 11.5 Å². The van der Waals surface area contributed by atoms with Crippen LogP contribution in [0.15, 0.2) is 41.5 Å². The van der Waals surface area contributed by atoms with Crippen molar-refractivity contribution in [1.82, 2.24) is 9.55 Å². The van der Waals surface area contributed by atoms with E-state index in [1.165, 1.54) is 43.3 Å². The van der Waals surface area contributed by atoms with E-state index in [9.17, 15) is 14.0 Å². The van der Waals surface area contributed by atoms with E-state index in [-0.39, 0.29) is 23.7 Å². The van der Waals surface area contributed by atoms with Crippen LogP contribution in [0, 0.1) is 12.7 Å². The lowest BCUT2D eigenvalue weighted by Gasteiger charge is -2.11. The van der Waals surface area contributed by atoms with E-state index >= 15 is 0 Å². The molecule has 152 valence electrons. The summed E-state index contributed by atoms with van der Waals surface area (Å²) < 4.78 is 25.1. The molecule has 1 N–H and O–H groups in total. The average molecular weight is 399 g/mol. The highest BCUT2D eigenvalue weighted by Gasteiger charge is 2.12. The van der Waals surface area contributed by atoms with Crippen LogP contribution in [0.25, 0.3) is 10.9 Å². The number of hydrogen-bond acceptors (Lipinski definition) is 5. The molecular weight excluding hydrogens is 377 g/mol. The van der Waals surface area contributed by atoms with Crippen LogP contribution in [0.3, 0.4) is 0 Å². The number of ether oxygens (including phenoxy) is 2. The molecule has 0 atom stereocenters. The van der Waals surface area contributed by atoms with Gasteiger partial charge in [-0.05, 0) is 43.2 Å². The highest BCUT2D eigenvalue weighted by atomic mass is 19.1. The molecule has 0 unspecified atom stereocenters. The fourth-order valence-corrected chi connectivity index (χ4v) is 3.03. The van der Waals surface area contributed by atoms with Gasteiger partial charge in [-0.2, -0.15) is 0 Å². The maximum atomic E-state index is 13.1. The molecule has 3 aromatic rings. The fourth-order valence-electron chi connectivity index (χ4n) is 3.03. The minimum absolute atomic E-state index is 0.201. The summed E-state index contributed by atoms with van der Waals surface area (Å²) in [5, 5.41) is 3.17. The Morgan fingerprint density at radius 1 is 1.17 bits per heavy atom. The molecule has 29 heavy (non-hydrogen) atoms. The second-order valence-corrected chi connectivity index (χ2v) is 6.58. The number of nitrogens with zero attached hydrogens (tertiary/aromatic N) is 2. The smallest absolute Gasteiger partial charge is 0.261 e. The Balaban J connectivity index is 1.68. The van der Waals surface area contributed by atoms with Crippen molar-refractivity contribution in [2.45, 2.75) is 26.3 Å². The highest BCUT2D eigenvalue weighted by molar-refractivity contribution is 5.91.